The molecule has 1 aromatic carbocycles. The quantitative estimate of drug-likeness (QED) is 0.871. The number of hydrogen-bond acceptors (Lipinski definition) is 2. The molecule has 1 aromatic rings. The molecule has 1 atom stereocenters. The zero-order valence-corrected chi connectivity index (χ0v) is 12.1. The van der Waals surface area contributed by atoms with E-state index >= 15 is 0 Å². The summed E-state index contributed by atoms with van der Waals surface area (Å²) in [5.41, 5.74) is 7.06. The number of nitrogens with two attached hydrogens (primary N) is 1. The van der Waals surface area contributed by atoms with Crippen molar-refractivity contribution < 1.29 is 4.79 Å². The van der Waals surface area contributed by atoms with Gasteiger partial charge in [-0.1, -0.05) is 37.1 Å². The predicted molar refractivity (Wildman–Crippen MR) is 77.9 cm³/mol. The highest BCUT2D eigenvalue weighted by molar-refractivity contribution is 6.30. The van der Waals surface area contributed by atoms with Crippen LogP contribution in [-0.4, -0.2) is 22.9 Å². The van der Waals surface area contributed by atoms with Gasteiger partial charge in [-0.15, -0.1) is 0 Å². The SMILES string of the molecule is CCC[C@@H](N)C(=O)N(Cc1ccc(Cl)cc1)C1CC1. The van der Waals surface area contributed by atoms with E-state index in [4.69, 9.17) is 17.3 Å². The molecule has 1 aliphatic carbocycles. The highest BCUT2D eigenvalue weighted by Gasteiger charge is 2.34. The Labute approximate surface area is 119 Å². The molecule has 0 heterocycles. The van der Waals surface area contributed by atoms with Crippen LogP contribution in [0.3, 0.4) is 0 Å². The maximum Gasteiger partial charge on any atom is 0.240 e. The number of carbonyl (C=O) groups excluding carboxylic acids is 1. The average Bonchev–Trinajstić information content (AvgIpc) is 3.22. The molecule has 0 saturated heterocycles. The van der Waals surface area contributed by atoms with Crippen molar-refractivity contribution in [2.45, 2.75) is 51.2 Å². The van der Waals surface area contributed by atoms with E-state index in [0.29, 0.717) is 12.6 Å². The summed E-state index contributed by atoms with van der Waals surface area (Å²) >= 11 is 5.88. The molecular formula is C15H21ClN2O. The Morgan fingerprint density at radius 2 is 2.05 bits per heavy atom. The lowest BCUT2D eigenvalue weighted by Crippen LogP contribution is -2.44. The zero-order valence-electron chi connectivity index (χ0n) is 11.3. The third-order valence-corrected chi connectivity index (χ3v) is 3.71. The van der Waals surface area contributed by atoms with Crippen molar-refractivity contribution in [1.82, 2.24) is 4.90 Å². The minimum Gasteiger partial charge on any atom is -0.334 e. The molecule has 2 rings (SSSR count). The van der Waals surface area contributed by atoms with Crippen LogP contribution in [0.15, 0.2) is 24.3 Å². The molecule has 3 nitrogen and oxygen atoms in total. The van der Waals surface area contributed by atoms with Crippen LogP contribution in [0, 0.1) is 0 Å². The van der Waals surface area contributed by atoms with E-state index < -0.39 is 0 Å². The largest absolute Gasteiger partial charge is 0.334 e. The third-order valence-electron chi connectivity index (χ3n) is 3.45. The number of halogens is 1. The fourth-order valence-corrected chi connectivity index (χ4v) is 2.33. The van der Waals surface area contributed by atoms with Crippen molar-refractivity contribution in [3.05, 3.63) is 34.9 Å². The minimum absolute atomic E-state index is 0.0827. The van der Waals surface area contributed by atoms with E-state index in [2.05, 4.69) is 0 Å². The van der Waals surface area contributed by atoms with Crippen molar-refractivity contribution in [1.29, 1.82) is 0 Å². The highest BCUT2D eigenvalue weighted by Crippen LogP contribution is 2.29. The zero-order chi connectivity index (χ0) is 13.8. The summed E-state index contributed by atoms with van der Waals surface area (Å²) in [6.07, 6.45) is 3.88. The molecule has 0 unspecified atom stereocenters. The Morgan fingerprint density at radius 1 is 1.42 bits per heavy atom. The van der Waals surface area contributed by atoms with Crippen molar-refractivity contribution in [2.24, 2.45) is 5.73 Å². The van der Waals surface area contributed by atoms with Gasteiger partial charge in [-0.2, -0.15) is 0 Å². The Kier molecular flexibility index (Phi) is 4.83. The van der Waals surface area contributed by atoms with Gasteiger partial charge in [0, 0.05) is 17.6 Å². The second kappa shape index (κ2) is 6.40. The Balaban J connectivity index is 2.04. The van der Waals surface area contributed by atoms with Gasteiger partial charge in [0.15, 0.2) is 0 Å². The van der Waals surface area contributed by atoms with E-state index in [1.165, 1.54) is 0 Å². The van der Waals surface area contributed by atoms with Crippen LogP contribution in [0.1, 0.15) is 38.2 Å². The topological polar surface area (TPSA) is 46.3 Å². The second-order valence-corrected chi connectivity index (χ2v) is 5.66. The summed E-state index contributed by atoms with van der Waals surface area (Å²) in [5, 5.41) is 0.718. The van der Waals surface area contributed by atoms with Gasteiger partial charge in [-0.25, -0.2) is 0 Å². The normalized spacial score (nSPS) is 16.2. The summed E-state index contributed by atoms with van der Waals surface area (Å²) in [4.78, 5) is 14.3. The van der Waals surface area contributed by atoms with Gasteiger partial charge in [0.1, 0.15) is 0 Å². The van der Waals surface area contributed by atoms with Gasteiger partial charge in [0.2, 0.25) is 5.91 Å². The van der Waals surface area contributed by atoms with Gasteiger partial charge in [-0.05, 0) is 37.0 Å². The number of benzene rings is 1. The van der Waals surface area contributed by atoms with E-state index in [-0.39, 0.29) is 11.9 Å². The number of nitrogens with zero attached hydrogens (tertiary/aromatic N) is 1. The van der Waals surface area contributed by atoms with Crippen LogP contribution in [0.4, 0.5) is 0 Å². The van der Waals surface area contributed by atoms with Gasteiger partial charge in [-0.3, -0.25) is 4.79 Å². The predicted octanol–water partition coefficient (Wildman–Crippen LogP) is 2.96. The molecule has 0 aromatic heterocycles. The fourth-order valence-electron chi connectivity index (χ4n) is 2.21. The number of carbonyl (C=O) groups is 1. The lowest BCUT2D eigenvalue weighted by Gasteiger charge is -2.25. The lowest BCUT2D eigenvalue weighted by atomic mass is 10.1. The first kappa shape index (κ1) is 14.4. The van der Waals surface area contributed by atoms with Gasteiger partial charge >= 0.3 is 0 Å². The van der Waals surface area contributed by atoms with E-state index in [1.54, 1.807) is 0 Å². The van der Waals surface area contributed by atoms with E-state index in [1.807, 2.05) is 36.1 Å². The summed E-state index contributed by atoms with van der Waals surface area (Å²) < 4.78 is 0. The van der Waals surface area contributed by atoms with Crippen LogP contribution < -0.4 is 5.73 Å². The van der Waals surface area contributed by atoms with Crippen molar-refractivity contribution >= 4 is 17.5 Å². The van der Waals surface area contributed by atoms with Crippen LogP contribution in [0.5, 0.6) is 0 Å². The summed E-state index contributed by atoms with van der Waals surface area (Å²) in [5.74, 6) is 0.0827. The highest BCUT2D eigenvalue weighted by atomic mass is 35.5. The molecule has 104 valence electrons. The lowest BCUT2D eigenvalue weighted by molar-refractivity contribution is -0.134. The standard InChI is InChI=1S/C15H21ClN2O/c1-2-3-14(17)15(19)18(13-8-9-13)10-11-4-6-12(16)7-5-11/h4-7,13-14H,2-3,8-10,17H2,1H3/t14-/m1/s1. The molecule has 0 spiro atoms. The number of hydrogen-bond donors (Lipinski definition) is 1. The summed E-state index contributed by atoms with van der Waals surface area (Å²) in [7, 11) is 0. The maximum atomic E-state index is 12.4. The Bertz CT molecular complexity index is 428. The first-order valence-electron chi connectivity index (χ1n) is 6.92. The molecule has 1 saturated carbocycles. The second-order valence-electron chi connectivity index (χ2n) is 5.22. The molecule has 1 amide bonds. The number of amides is 1. The van der Waals surface area contributed by atoms with E-state index in [9.17, 15) is 4.79 Å². The third kappa shape index (κ3) is 3.95. The molecule has 4 heteroatoms. The molecule has 0 bridgehead atoms. The van der Waals surface area contributed by atoms with E-state index in [0.717, 1.165) is 36.3 Å². The van der Waals surface area contributed by atoms with Crippen LogP contribution in [-0.2, 0) is 11.3 Å². The average molecular weight is 281 g/mol. The Hall–Kier alpha value is -1.06. The first-order chi connectivity index (χ1) is 9.11. The maximum absolute atomic E-state index is 12.4. The molecular weight excluding hydrogens is 260 g/mol. The van der Waals surface area contributed by atoms with Crippen LogP contribution in [0.25, 0.3) is 0 Å². The van der Waals surface area contributed by atoms with Gasteiger partial charge in [0.25, 0.3) is 0 Å². The fraction of sp³-hybridized carbons (Fsp3) is 0.533. The molecule has 1 fully saturated rings. The first-order valence-corrected chi connectivity index (χ1v) is 7.30. The molecule has 1 aliphatic rings. The van der Waals surface area contributed by atoms with Crippen LogP contribution >= 0.6 is 11.6 Å². The summed E-state index contributed by atoms with van der Waals surface area (Å²) in [6, 6.07) is 7.67. The van der Waals surface area contributed by atoms with Gasteiger partial charge < -0.3 is 10.6 Å². The van der Waals surface area contributed by atoms with Crippen molar-refractivity contribution in [3.8, 4) is 0 Å². The minimum atomic E-state index is -0.363. The molecule has 19 heavy (non-hydrogen) atoms. The summed E-state index contributed by atoms with van der Waals surface area (Å²) in [6.45, 7) is 2.69. The smallest absolute Gasteiger partial charge is 0.240 e. The van der Waals surface area contributed by atoms with Crippen molar-refractivity contribution in [3.63, 3.8) is 0 Å². The number of rotatable bonds is 6. The molecule has 0 aliphatic heterocycles. The monoisotopic (exact) mass is 280 g/mol. The van der Waals surface area contributed by atoms with Gasteiger partial charge in [0.05, 0.1) is 6.04 Å². The molecule has 2 N–H and O–H groups in total. The van der Waals surface area contributed by atoms with Crippen LogP contribution in [0.2, 0.25) is 5.02 Å². The molecule has 0 radical (unpaired) electrons. The Morgan fingerprint density at radius 3 is 2.58 bits per heavy atom. The van der Waals surface area contributed by atoms with Crippen molar-refractivity contribution in [2.75, 3.05) is 0 Å².